The van der Waals surface area contributed by atoms with Gasteiger partial charge < -0.3 is 4.74 Å². The lowest BCUT2D eigenvalue weighted by atomic mass is 9.59. The van der Waals surface area contributed by atoms with Crippen LogP contribution in [0.2, 0.25) is 0 Å². The third kappa shape index (κ3) is 2.19. The van der Waals surface area contributed by atoms with Gasteiger partial charge in [0.2, 0.25) is 0 Å². The van der Waals surface area contributed by atoms with Crippen LogP contribution in [0, 0.1) is 11.3 Å². The molecule has 0 saturated heterocycles. The fourth-order valence-corrected chi connectivity index (χ4v) is 3.63. The van der Waals surface area contributed by atoms with Crippen molar-refractivity contribution in [2.75, 3.05) is 0 Å². The van der Waals surface area contributed by atoms with Crippen LogP contribution in [-0.2, 0) is 9.53 Å². The molecule has 2 rings (SSSR count). The highest BCUT2D eigenvalue weighted by atomic mass is 16.5. The van der Waals surface area contributed by atoms with Crippen molar-refractivity contribution in [3.63, 3.8) is 0 Å². The molecule has 0 aromatic heterocycles. The van der Waals surface area contributed by atoms with E-state index in [2.05, 4.69) is 6.92 Å². The lowest BCUT2D eigenvalue weighted by molar-refractivity contribution is -0.157. The zero-order valence-corrected chi connectivity index (χ0v) is 9.92. The Morgan fingerprint density at radius 1 is 1.20 bits per heavy atom. The highest BCUT2D eigenvalue weighted by Crippen LogP contribution is 2.50. The minimum atomic E-state index is -0.102. The normalized spacial score (nSPS) is 40.7. The molecule has 3 unspecified atom stereocenters. The van der Waals surface area contributed by atoms with E-state index in [9.17, 15) is 4.79 Å². The molecule has 3 atom stereocenters. The second-order valence-electron chi connectivity index (χ2n) is 5.55. The number of ether oxygens (including phenoxy) is 1. The zero-order chi connectivity index (χ0) is 10.9. The molecular weight excluding hydrogens is 188 g/mol. The average Bonchev–Trinajstić information content (AvgIpc) is 2.16. The first kappa shape index (κ1) is 11.0. The predicted molar refractivity (Wildman–Crippen MR) is 59.5 cm³/mol. The van der Waals surface area contributed by atoms with Gasteiger partial charge in [-0.2, -0.15) is 0 Å². The van der Waals surface area contributed by atoms with Gasteiger partial charge in [-0.3, -0.25) is 4.79 Å². The molecule has 0 aromatic rings. The Balaban J connectivity index is 2.08. The summed E-state index contributed by atoms with van der Waals surface area (Å²) in [5.74, 6) is 0.527. The molecule has 0 aromatic carbocycles. The van der Waals surface area contributed by atoms with Crippen molar-refractivity contribution in [2.45, 2.75) is 64.9 Å². The lowest BCUT2D eigenvalue weighted by Gasteiger charge is -2.48. The van der Waals surface area contributed by atoms with Crippen molar-refractivity contribution in [2.24, 2.45) is 11.3 Å². The molecule has 86 valence electrons. The van der Waals surface area contributed by atoms with Crippen molar-refractivity contribution < 1.29 is 9.53 Å². The van der Waals surface area contributed by atoms with Crippen LogP contribution in [-0.4, -0.2) is 12.1 Å². The van der Waals surface area contributed by atoms with Gasteiger partial charge in [0.25, 0.3) is 0 Å². The molecule has 2 fully saturated rings. The fraction of sp³-hybridized carbons (Fsp3) is 0.923. The number of rotatable bonds is 1. The number of hydrogen-bond donors (Lipinski definition) is 0. The Kier molecular flexibility index (Phi) is 3.03. The van der Waals surface area contributed by atoms with Crippen molar-refractivity contribution >= 4 is 5.97 Å². The van der Waals surface area contributed by atoms with E-state index in [-0.39, 0.29) is 12.1 Å². The first-order chi connectivity index (χ1) is 7.12. The zero-order valence-electron chi connectivity index (χ0n) is 9.92. The Labute approximate surface area is 92.4 Å². The van der Waals surface area contributed by atoms with Crippen LogP contribution < -0.4 is 0 Å². The number of esters is 1. The Bertz CT molecular complexity index is 245. The third-order valence-corrected chi connectivity index (χ3v) is 4.41. The highest BCUT2D eigenvalue weighted by molar-refractivity contribution is 5.66. The van der Waals surface area contributed by atoms with E-state index in [0.717, 1.165) is 6.42 Å². The molecule has 2 nitrogen and oxygen atoms in total. The SMILES string of the molecule is CC(=O)OC1CCCC2(C)CCCCC12. The van der Waals surface area contributed by atoms with Gasteiger partial charge in [-0.25, -0.2) is 0 Å². The number of carbonyl (C=O) groups excluding carboxylic acids is 1. The van der Waals surface area contributed by atoms with Gasteiger partial charge in [0.05, 0.1) is 0 Å². The van der Waals surface area contributed by atoms with Crippen LogP contribution >= 0.6 is 0 Å². The van der Waals surface area contributed by atoms with Crippen molar-refractivity contribution in [1.82, 2.24) is 0 Å². The second-order valence-corrected chi connectivity index (χ2v) is 5.55. The first-order valence-corrected chi connectivity index (χ1v) is 6.29. The van der Waals surface area contributed by atoms with Crippen molar-refractivity contribution in [3.05, 3.63) is 0 Å². The lowest BCUT2D eigenvalue weighted by Crippen LogP contribution is -2.44. The summed E-state index contributed by atoms with van der Waals surface area (Å²) >= 11 is 0. The Morgan fingerprint density at radius 3 is 2.67 bits per heavy atom. The number of carbonyl (C=O) groups is 1. The van der Waals surface area contributed by atoms with Gasteiger partial charge in [0.1, 0.15) is 6.10 Å². The van der Waals surface area contributed by atoms with Crippen LogP contribution in [0.15, 0.2) is 0 Å². The molecular formula is C13H22O2. The smallest absolute Gasteiger partial charge is 0.302 e. The molecule has 0 spiro atoms. The molecule has 0 aliphatic heterocycles. The summed E-state index contributed by atoms with van der Waals surface area (Å²) in [6, 6.07) is 0. The molecule has 0 bridgehead atoms. The second kappa shape index (κ2) is 4.15. The van der Waals surface area contributed by atoms with Gasteiger partial charge >= 0.3 is 5.97 Å². The third-order valence-electron chi connectivity index (χ3n) is 4.41. The first-order valence-electron chi connectivity index (χ1n) is 6.29. The Hall–Kier alpha value is -0.530. The fourth-order valence-electron chi connectivity index (χ4n) is 3.63. The maximum absolute atomic E-state index is 11.1. The van der Waals surface area contributed by atoms with E-state index < -0.39 is 0 Å². The molecule has 0 amide bonds. The topological polar surface area (TPSA) is 26.3 Å². The largest absolute Gasteiger partial charge is 0.462 e. The quantitative estimate of drug-likeness (QED) is 0.621. The maximum atomic E-state index is 11.1. The number of hydrogen-bond acceptors (Lipinski definition) is 2. The van der Waals surface area contributed by atoms with E-state index in [1.807, 2.05) is 0 Å². The van der Waals surface area contributed by atoms with Gasteiger partial charge in [-0.15, -0.1) is 0 Å². The minimum absolute atomic E-state index is 0.102. The van der Waals surface area contributed by atoms with Gasteiger partial charge in [0, 0.05) is 12.8 Å². The molecule has 2 saturated carbocycles. The summed E-state index contributed by atoms with van der Waals surface area (Å²) in [7, 11) is 0. The summed E-state index contributed by atoms with van der Waals surface area (Å²) in [5.41, 5.74) is 0.455. The molecule has 15 heavy (non-hydrogen) atoms. The maximum Gasteiger partial charge on any atom is 0.302 e. The Morgan fingerprint density at radius 2 is 1.93 bits per heavy atom. The van der Waals surface area contributed by atoms with Crippen LogP contribution in [0.1, 0.15) is 58.8 Å². The molecule has 0 heterocycles. The van der Waals surface area contributed by atoms with Crippen LogP contribution in [0.3, 0.4) is 0 Å². The van der Waals surface area contributed by atoms with Crippen LogP contribution in [0.4, 0.5) is 0 Å². The predicted octanol–water partition coefficient (Wildman–Crippen LogP) is 3.30. The summed E-state index contributed by atoms with van der Waals surface area (Å²) < 4.78 is 5.49. The van der Waals surface area contributed by atoms with E-state index >= 15 is 0 Å². The molecule has 0 radical (unpaired) electrons. The van der Waals surface area contributed by atoms with E-state index in [4.69, 9.17) is 4.74 Å². The standard InChI is InChI=1S/C13H22O2/c1-10(14)15-12-7-5-9-13(2)8-4-3-6-11(12)13/h11-12H,3-9H2,1-2H3. The van der Waals surface area contributed by atoms with Gasteiger partial charge in [-0.1, -0.05) is 19.8 Å². The van der Waals surface area contributed by atoms with Crippen molar-refractivity contribution in [3.8, 4) is 0 Å². The summed E-state index contributed by atoms with van der Waals surface area (Å²) in [6.07, 6.45) is 9.11. The summed E-state index contributed by atoms with van der Waals surface area (Å²) in [6.45, 7) is 3.93. The van der Waals surface area contributed by atoms with Crippen LogP contribution in [0.25, 0.3) is 0 Å². The number of fused-ring (bicyclic) bond motifs is 1. The summed E-state index contributed by atoms with van der Waals surface area (Å²) in [5, 5.41) is 0. The molecule has 2 aliphatic rings. The van der Waals surface area contributed by atoms with E-state index in [1.54, 1.807) is 0 Å². The van der Waals surface area contributed by atoms with E-state index in [0.29, 0.717) is 11.3 Å². The molecule has 2 heteroatoms. The molecule has 2 aliphatic carbocycles. The van der Waals surface area contributed by atoms with Crippen molar-refractivity contribution in [1.29, 1.82) is 0 Å². The highest BCUT2D eigenvalue weighted by Gasteiger charge is 2.44. The monoisotopic (exact) mass is 210 g/mol. The minimum Gasteiger partial charge on any atom is -0.462 e. The van der Waals surface area contributed by atoms with Gasteiger partial charge in [0.15, 0.2) is 0 Å². The van der Waals surface area contributed by atoms with Gasteiger partial charge in [-0.05, 0) is 37.5 Å². The molecule has 0 N–H and O–H groups in total. The van der Waals surface area contributed by atoms with Crippen LogP contribution in [0.5, 0.6) is 0 Å². The average molecular weight is 210 g/mol. The van der Waals surface area contributed by atoms with E-state index in [1.165, 1.54) is 45.4 Å². The summed E-state index contributed by atoms with van der Waals surface area (Å²) in [4.78, 5) is 11.1.